The predicted molar refractivity (Wildman–Crippen MR) is 67.3 cm³/mol. The minimum Gasteiger partial charge on any atom is -0.480 e. The van der Waals surface area contributed by atoms with Gasteiger partial charge in [-0.2, -0.15) is 0 Å². The summed E-state index contributed by atoms with van der Waals surface area (Å²) in [5, 5.41) is 9.46. The van der Waals surface area contributed by atoms with Gasteiger partial charge in [0.05, 0.1) is 6.61 Å². The third-order valence-electron chi connectivity index (χ3n) is 2.95. The number of hydrogen-bond acceptors (Lipinski definition) is 3. The molecule has 0 aliphatic rings. The van der Waals surface area contributed by atoms with Crippen LogP contribution in [0.4, 0.5) is 4.39 Å². The van der Waals surface area contributed by atoms with E-state index in [1.54, 1.807) is 13.8 Å². The van der Waals surface area contributed by atoms with Crippen LogP contribution in [0.1, 0.15) is 32.3 Å². The molecule has 0 saturated heterocycles. The zero-order valence-corrected chi connectivity index (χ0v) is 11.0. The Bertz CT molecular complexity index is 472. The topological polar surface area (TPSA) is 63.6 Å². The van der Waals surface area contributed by atoms with Crippen LogP contribution in [-0.2, 0) is 19.7 Å². The zero-order chi connectivity index (χ0) is 14.5. The SMILES string of the molecule is CCCC(C(=O)O)(C(=O)OCC)c1ccccc1F. The molecule has 104 valence electrons. The second-order valence-electron chi connectivity index (χ2n) is 4.16. The van der Waals surface area contributed by atoms with Crippen LogP contribution in [0.5, 0.6) is 0 Å². The third kappa shape index (κ3) is 2.75. The van der Waals surface area contributed by atoms with E-state index in [2.05, 4.69) is 0 Å². The number of ether oxygens (including phenoxy) is 1. The maximum Gasteiger partial charge on any atom is 0.328 e. The molecule has 1 atom stereocenters. The van der Waals surface area contributed by atoms with Gasteiger partial charge in [0.15, 0.2) is 5.41 Å². The van der Waals surface area contributed by atoms with E-state index in [1.807, 2.05) is 0 Å². The maximum absolute atomic E-state index is 13.9. The summed E-state index contributed by atoms with van der Waals surface area (Å²) in [6.07, 6.45) is 0.404. The average Bonchev–Trinajstić information content (AvgIpc) is 2.36. The Morgan fingerprint density at radius 3 is 2.42 bits per heavy atom. The molecule has 0 heterocycles. The van der Waals surface area contributed by atoms with Crippen molar-refractivity contribution in [1.29, 1.82) is 0 Å². The number of aliphatic carboxylic acids is 1. The van der Waals surface area contributed by atoms with Gasteiger partial charge in [-0.1, -0.05) is 31.5 Å². The lowest BCUT2D eigenvalue weighted by atomic mass is 9.76. The zero-order valence-electron chi connectivity index (χ0n) is 11.0. The highest BCUT2D eigenvalue weighted by atomic mass is 19.1. The highest BCUT2D eigenvalue weighted by Crippen LogP contribution is 2.33. The fraction of sp³-hybridized carbons (Fsp3) is 0.429. The molecule has 0 bridgehead atoms. The lowest BCUT2D eigenvalue weighted by molar-refractivity contribution is -0.162. The molecule has 0 aromatic heterocycles. The molecule has 0 spiro atoms. The van der Waals surface area contributed by atoms with E-state index in [4.69, 9.17) is 4.74 Å². The summed E-state index contributed by atoms with van der Waals surface area (Å²) in [6, 6.07) is 5.41. The van der Waals surface area contributed by atoms with Gasteiger partial charge in [0.1, 0.15) is 5.82 Å². The molecule has 0 fully saturated rings. The lowest BCUT2D eigenvalue weighted by Crippen LogP contribution is -2.45. The molecular formula is C14H17FO4. The van der Waals surface area contributed by atoms with E-state index >= 15 is 0 Å². The van der Waals surface area contributed by atoms with Crippen LogP contribution >= 0.6 is 0 Å². The van der Waals surface area contributed by atoms with Crippen molar-refractivity contribution in [3.05, 3.63) is 35.6 Å². The van der Waals surface area contributed by atoms with Crippen molar-refractivity contribution in [3.8, 4) is 0 Å². The van der Waals surface area contributed by atoms with E-state index in [1.165, 1.54) is 18.2 Å². The summed E-state index contributed by atoms with van der Waals surface area (Å²) in [5.41, 5.74) is -2.13. The van der Waals surface area contributed by atoms with Crippen molar-refractivity contribution in [3.63, 3.8) is 0 Å². The standard InChI is InChI=1S/C14H17FO4/c1-3-9-14(12(16)17,13(18)19-4-2)10-7-5-6-8-11(10)15/h5-8H,3-4,9H2,1-2H3,(H,16,17). The summed E-state index contributed by atoms with van der Waals surface area (Å²) in [7, 11) is 0. The number of carbonyl (C=O) groups excluding carboxylic acids is 1. The van der Waals surface area contributed by atoms with Gasteiger partial charge >= 0.3 is 11.9 Å². The Kier molecular flexibility index (Phi) is 5.03. The summed E-state index contributed by atoms with van der Waals surface area (Å²) < 4.78 is 18.7. The smallest absolute Gasteiger partial charge is 0.328 e. The summed E-state index contributed by atoms with van der Waals surface area (Å²) >= 11 is 0. The van der Waals surface area contributed by atoms with Crippen LogP contribution in [0.25, 0.3) is 0 Å². The second-order valence-corrected chi connectivity index (χ2v) is 4.16. The minimum absolute atomic E-state index is 0.0118. The Labute approximate surface area is 111 Å². The Morgan fingerprint density at radius 1 is 1.32 bits per heavy atom. The fourth-order valence-electron chi connectivity index (χ4n) is 2.09. The van der Waals surface area contributed by atoms with Gasteiger partial charge in [-0.15, -0.1) is 0 Å². The van der Waals surface area contributed by atoms with Gasteiger partial charge in [-0.05, 0) is 19.4 Å². The number of halogens is 1. The van der Waals surface area contributed by atoms with E-state index < -0.39 is 23.2 Å². The van der Waals surface area contributed by atoms with E-state index in [0.29, 0.717) is 6.42 Å². The molecular weight excluding hydrogens is 251 g/mol. The van der Waals surface area contributed by atoms with Crippen LogP contribution in [-0.4, -0.2) is 23.7 Å². The van der Waals surface area contributed by atoms with Crippen LogP contribution < -0.4 is 0 Å². The normalized spacial score (nSPS) is 13.6. The Morgan fingerprint density at radius 2 is 1.95 bits per heavy atom. The van der Waals surface area contributed by atoms with Gasteiger partial charge < -0.3 is 9.84 Å². The van der Waals surface area contributed by atoms with Crippen LogP contribution in [0.3, 0.4) is 0 Å². The average molecular weight is 268 g/mol. The third-order valence-corrected chi connectivity index (χ3v) is 2.95. The molecule has 1 unspecified atom stereocenters. The van der Waals surface area contributed by atoms with E-state index in [9.17, 15) is 19.1 Å². The van der Waals surface area contributed by atoms with Crippen molar-refractivity contribution in [2.45, 2.75) is 32.1 Å². The van der Waals surface area contributed by atoms with Crippen molar-refractivity contribution in [1.82, 2.24) is 0 Å². The van der Waals surface area contributed by atoms with Gasteiger partial charge in [-0.25, -0.2) is 4.39 Å². The lowest BCUT2D eigenvalue weighted by Gasteiger charge is -2.27. The molecule has 1 N–H and O–H groups in total. The van der Waals surface area contributed by atoms with Crippen LogP contribution in [0, 0.1) is 5.82 Å². The Balaban J connectivity index is 3.44. The quantitative estimate of drug-likeness (QED) is 0.636. The van der Waals surface area contributed by atoms with Crippen molar-refractivity contribution in [2.24, 2.45) is 0 Å². The first-order chi connectivity index (χ1) is 9.00. The summed E-state index contributed by atoms with van der Waals surface area (Å²) in [5.74, 6) is -3.03. The molecule has 4 nitrogen and oxygen atoms in total. The molecule has 0 amide bonds. The first-order valence-corrected chi connectivity index (χ1v) is 6.16. The molecule has 19 heavy (non-hydrogen) atoms. The van der Waals surface area contributed by atoms with Gasteiger partial charge in [0, 0.05) is 5.56 Å². The van der Waals surface area contributed by atoms with Crippen molar-refractivity contribution < 1.29 is 23.8 Å². The number of esters is 1. The highest BCUT2D eigenvalue weighted by Gasteiger charge is 2.50. The number of rotatable bonds is 6. The van der Waals surface area contributed by atoms with Crippen molar-refractivity contribution in [2.75, 3.05) is 6.61 Å². The van der Waals surface area contributed by atoms with Crippen LogP contribution in [0.2, 0.25) is 0 Å². The fourth-order valence-corrected chi connectivity index (χ4v) is 2.09. The van der Waals surface area contributed by atoms with Gasteiger partial charge in [0.25, 0.3) is 0 Å². The first kappa shape index (κ1) is 15.1. The number of carboxylic acid groups (broad SMARTS) is 1. The van der Waals surface area contributed by atoms with E-state index in [0.717, 1.165) is 6.07 Å². The number of carbonyl (C=O) groups is 2. The predicted octanol–water partition coefficient (Wildman–Crippen LogP) is 2.51. The van der Waals surface area contributed by atoms with Gasteiger partial charge in [0.2, 0.25) is 0 Å². The maximum atomic E-state index is 13.9. The molecule has 1 aromatic carbocycles. The summed E-state index contributed by atoms with van der Waals surface area (Å²) in [4.78, 5) is 23.7. The Hall–Kier alpha value is -1.91. The molecule has 0 radical (unpaired) electrons. The molecule has 0 aliphatic carbocycles. The molecule has 1 aromatic rings. The molecule has 5 heteroatoms. The largest absolute Gasteiger partial charge is 0.480 e. The molecule has 0 saturated carbocycles. The number of carboxylic acids is 1. The number of benzene rings is 1. The molecule has 1 rings (SSSR count). The van der Waals surface area contributed by atoms with E-state index in [-0.39, 0.29) is 18.6 Å². The summed E-state index contributed by atoms with van der Waals surface area (Å²) in [6.45, 7) is 3.36. The molecule has 0 aliphatic heterocycles. The highest BCUT2D eigenvalue weighted by molar-refractivity contribution is 6.05. The first-order valence-electron chi connectivity index (χ1n) is 6.16. The van der Waals surface area contributed by atoms with Crippen molar-refractivity contribution >= 4 is 11.9 Å². The minimum atomic E-state index is -1.98. The number of hydrogen-bond donors (Lipinski definition) is 1. The second kappa shape index (κ2) is 6.31. The van der Waals surface area contributed by atoms with Crippen LogP contribution in [0.15, 0.2) is 24.3 Å². The van der Waals surface area contributed by atoms with Gasteiger partial charge in [-0.3, -0.25) is 9.59 Å². The monoisotopic (exact) mass is 268 g/mol.